The van der Waals surface area contributed by atoms with Crippen molar-refractivity contribution in [3.63, 3.8) is 0 Å². The summed E-state index contributed by atoms with van der Waals surface area (Å²) in [5.41, 5.74) is 6.67. The Bertz CT molecular complexity index is 2200. The number of nitrogens with one attached hydrogen (secondary N) is 1. The normalized spacial score (nSPS) is 24.1. The summed E-state index contributed by atoms with van der Waals surface area (Å²) in [4.78, 5) is 29.2. The molecule has 2 saturated heterocycles. The van der Waals surface area contributed by atoms with Crippen LogP contribution in [0.2, 0.25) is 5.02 Å². The third-order valence-corrected chi connectivity index (χ3v) is 11.0. The molecule has 10 nitrogen and oxygen atoms in total. The second kappa shape index (κ2) is 13.7. The van der Waals surface area contributed by atoms with E-state index in [9.17, 15) is 15.0 Å². The highest BCUT2D eigenvalue weighted by Crippen LogP contribution is 2.48. The third-order valence-electron chi connectivity index (χ3n) is 10.2. The summed E-state index contributed by atoms with van der Waals surface area (Å²) in [6.07, 6.45) is 10.9. The van der Waals surface area contributed by atoms with Gasteiger partial charge in [0.2, 0.25) is 5.89 Å². The van der Waals surface area contributed by atoms with E-state index in [2.05, 4.69) is 32.2 Å². The van der Waals surface area contributed by atoms with E-state index >= 15 is 0 Å². The van der Waals surface area contributed by atoms with E-state index in [1.54, 1.807) is 6.20 Å². The van der Waals surface area contributed by atoms with Crippen molar-refractivity contribution in [2.75, 3.05) is 31.5 Å². The summed E-state index contributed by atoms with van der Waals surface area (Å²) >= 11 is 14.1. The Morgan fingerprint density at radius 1 is 1.06 bits per heavy atom. The van der Waals surface area contributed by atoms with Crippen molar-refractivity contribution < 1.29 is 19.4 Å². The molecule has 2 fully saturated rings. The first-order valence-electron chi connectivity index (χ1n) is 17.2. The van der Waals surface area contributed by atoms with Crippen LogP contribution in [0.5, 0.6) is 0 Å². The molecule has 0 saturated carbocycles. The van der Waals surface area contributed by atoms with Gasteiger partial charge in [-0.3, -0.25) is 19.6 Å². The van der Waals surface area contributed by atoms with Crippen LogP contribution in [-0.4, -0.2) is 78.1 Å². The van der Waals surface area contributed by atoms with E-state index in [1.807, 2.05) is 67.7 Å². The van der Waals surface area contributed by atoms with Gasteiger partial charge in [0.05, 0.1) is 27.8 Å². The number of hydrogen-bond donors (Lipinski definition) is 3. The second-order valence-electron chi connectivity index (χ2n) is 14.0. The van der Waals surface area contributed by atoms with Gasteiger partial charge in [0.25, 0.3) is 0 Å². The maximum absolute atomic E-state index is 11.4. The summed E-state index contributed by atoms with van der Waals surface area (Å²) in [6, 6.07) is 16.0. The highest BCUT2D eigenvalue weighted by atomic mass is 35.5. The van der Waals surface area contributed by atoms with Gasteiger partial charge in [-0.15, -0.1) is 11.6 Å². The lowest BCUT2D eigenvalue weighted by Crippen LogP contribution is -2.29. The van der Waals surface area contributed by atoms with Crippen LogP contribution in [0, 0.1) is 5.92 Å². The molecule has 5 heterocycles. The van der Waals surface area contributed by atoms with Gasteiger partial charge < -0.3 is 19.9 Å². The Labute approximate surface area is 305 Å². The summed E-state index contributed by atoms with van der Waals surface area (Å²) in [6.45, 7) is 6.12. The number of alkyl halides is 1. The number of pyridine rings is 2. The zero-order chi connectivity index (χ0) is 35.3. The Morgan fingerprint density at radius 2 is 1.88 bits per heavy atom. The zero-order valence-corrected chi connectivity index (χ0v) is 29.6. The van der Waals surface area contributed by atoms with Crippen LogP contribution in [0.15, 0.2) is 83.6 Å². The number of hydrogen-bond acceptors (Lipinski definition) is 9. The second-order valence-corrected chi connectivity index (χ2v) is 15.2. The number of oxazole rings is 1. The number of allylic oxidation sites excluding steroid dienone is 4. The summed E-state index contributed by atoms with van der Waals surface area (Å²) < 4.78 is 6.29. The van der Waals surface area contributed by atoms with Crippen molar-refractivity contribution in [1.29, 1.82) is 0 Å². The van der Waals surface area contributed by atoms with Crippen molar-refractivity contribution in [1.82, 2.24) is 24.8 Å². The van der Waals surface area contributed by atoms with Crippen LogP contribution in [0.1, 0.15) is 48.3 Å². The number of benzene rings is 2. The van der Waals surface area contributed by atoms with Crippen LogP contribution >= 0.6 is 23.2 Å². The number of β-amino-alcohol motifs (C(OH)–C–C–N with tert-alkyl or cyclic N) is 1. The summed E-state index contributed by atoms with van der Waals surface area (Å²) in [5.74, 6) is -0.344. The van der Waals surface area contributed by atoms with Gasteiger partial charge in [-0.25, -0.2) is 9.97 Å². The van der Waals surface area contributed by atoms with Crippen molar-refractivity contribution in [2.45, 2.75) is 49.8 Å². The quantitative estimate of drug-likeness (QED) is 0.133. The predicted octanol–water partition coefficient (Wildman–Crippen LogP) is 7.38. The maximum Gasteiger partial charge on any atom is 0.307 e. The smallest absolute Gasteiger partial charge is 0.307 e. The fourth-order valence-electron chi connectivity index (χ4n) is 7.59. The number of aliphatic hydroxyl groups is 1. The molecule has 0 radical (unpaired) electrons. The van der Waals surface area contributed by atoms with Crippen molar-refractivity contribution in [3.05, 3.63) is 107 Å². The minimum atomic E-state index is -0.897. The molecule has 0 amide bonds. The van der Waals surface area contributed by atoms with Crippen LogP contribution in [0.3, 0.4) is 0 Å². The molecule has 0 bridgehead atoms. The standard InChI is InChI=1S/C39H38Cl2N6O4/c1-39(41)30(6-3-7-31(39)37-45-33-16-23(15-32(40)35(33)51-37)19-46-12-9-27(21-46)38(49)50)25-4-2-5-28(17-25)44-36-34-26(8-11-42-36)14-24(18-43-34)20-47-13-10-29(48)22-47/h2-8,11,14-18,27,29,31,48H,9-10,12-13,19-22H2,1H3,(H,42,44)(H,49,50)/t27-,29-,31?,39?/m0/s1. The van der Waals surface area contributed by atoms with Crippen LogP contribution in [0.4, 0.5) is 11.5 Å². The zero-order valence-electron chi connectivity index (χ0n) is 28.1. The number of aliphatic hydroxyl groups excluding tert-OH is 1. The largest absolute Gasteiger partial charge is 0.481 e. The summed E-state index contributed by atoms with van der Waals surface area (Å²) in [7, 11) is 0. The molecule has 2 aromatic carbocycles. The van der Waals surface area contributed by atoms with Gasteiger partial charge in [0, 0.05) is 56.2 Å². The molecule has 5 aromatic rings. The molecule has 0 spiro atoms. The molecule has 3 N–H and O–H groups in total. The Hall–Kier alpha value is -4.32. The molecule has 2 aliphatic heterocycles. The average Bonchev–Trinajstić information content (AvgIpc) is 3.85. The number of aliphatic carboxylic acids is 1. The molecule has 12 heteroatoms. The third kappa shape index (κ3) is 6.86. The number of anilines is 2. The average molecular weight is 726 g/mol. The van der Waals surface area contributed by atoms with Gasteiger partial charge in [0.15, 0.2) is 11.4 Å². The van der Waals surface area contributed by atoms with E-state index in [1.165, 1.54) is 0 Å². The number of fused-ring (bicyclic) bond motifs is 2. The minimum absolute atomic E-state index is 0.254. The van der Waals surface area contributed by atoms with Crippen LogP contribution in [0.25, 0.3) is 27.6 Å². The lowest BCUT2D eigenvalue weighted by atomic mass is 9.79. The molecular weight excluding hydrogens is 687 g/mol. The van der Waals surface area contributed by atoms with Gasteiger partial charge >= 0.3 is 5.97 Å². The molecule has 8 rings (SSSR count). The van der Waals surface area contributed by atoms with Gasteiger partial charge in [-0.05, 0) is 85.0 Å². The monoisotopic (exact) mass is 724 g/mol. The molecule has 51 heavy (non-hydrogen) atoms. The maximum atomic E-state index is 11.4. The molecule has 2 unspecified atom stereocenters. The number of carboxylic acids is 1. The number of nitrogens with zero attached hydrogens (tertiary/aromatic N) is 5. The molecular formula is C39H38Cl2N6O4. The van der Waals surface area contributed by atoms with E-state index in [-0.39, 0.29) is 17.9 Å². The van der Waals surface area contributed by atoms with E-state index in [0.717, 1.165) is 64.9 Å². The Balaban J connectivity index is 1.01. The van der Waals surface area contributed by atoms with Crippen molar-refractivity contribution in [3.8, 4) is 0 Å². The van der Waals surface area contributed by atoms with Crippen molar-refractivity contribution in [2.24, 2.45) is 5.92 Å². The Kier molecular flexibility index (Phi) is 9.06. The topological polar surface area (TPSA) is 128 Å². The van der Waals surface area contributed by atoms with Gasteiger partial charge in [0.1, 0.15) is 11.0 Å². The lowest BCUT2D eigenvalue weighted by molar-refractivity contribution is -0.141. The fourth-order valence-corrected chi connectivity index (χ4v) is 8.20. The number of carbonyl (C=O) groups is 1. The Morgan fingerprint density at radius 3 is 2.69 bits per heavy atom. The summed E-state index contributed by atoms with van der Waals surface area (Å²) in [5, 5.41) is 24.2. The lowest BCUT2D eigenvalue weighted by Gasteiger charge is -2.33. The first-order chi connectivity index (χ1) is 24.6. The van der Waals surface area contributed by atoms with Gasteiger partial charge in [-0.1, -0.05) is 42.0 Å². The molecule has 3 aliphatic rings. The first-order valence-corrected chi connectivity index (χ1v) is 18.0. The van der Waals surface area contributed by atoms with E-state index in [0.29, 0.717) is 53.9 Å². The predicted molar refractivity (Wildman–Crippen MR) is 199 cm³/mol. The fraction of sp³-hybridized carbons (Fsp3) is 0.333. The highest BCUT2D eigenvalue weighted by Gasteiger charge is 2.41. The number of aromatic nitrogens is 3. The van der Waals surface area contributed by atoms with E-state index < -0.39 is 10.8 Å². The number of carboxylic acid groups (broad SMARTS) is 1. The minimum Gasteiger partial charge on any atom is -0.481 e. The number of rotatable bonds is 9. The van der Waals surface area contributed by atoms with Gasteiger partial charge in [-0.2, -0.15) is 0 Å². The SMILES string of the molecule is CC1(Cl)C(c2cccc(Nc3nccc4cc(CN5CC[C@H](O)C5)cnc34)c2)=CC=CC1c1nc2cc(CN3CC[C@H](C(=O)O)C3)cc(Cl)c2o1. The highest BCUT2D eigenvalue weighted by molar-refractivity contribution is 6.34. The molecule has 3 aromatic heterocycles. The molecule has 1 aliphatic carbocycles. The van der Waals surface area contributed by atoms with Crippen molar-refractivity contribution >= 4 is 68.3 Å². The molecule has 262 valence electrons. The van der Waals surface area contributed by atoms with Crippen LogP contribution in [-0.2, 0) is 17.9 Å². The van der Waals surface area contributed by atoms with Crippen LogP contribution < -0.4 is 5.32 Å². The number of likely N-dealkylation sites (tertiary alicyclic amines) is 2. The first kappa shape index (κ1) is 33.8. The molecule has 4 atom stereocenters. The number of halogens is 2. The van der Waals surface area contributed by atoms with E-state index in [4.69, 9.17) is 37.6 Å².